The number of hydrogen-bond donors (Lipinski definition) is 1. The summed E-state index contributed by atoms with van der Waals surface area (Å²) in [5, 5.41) is 9.26. The average Bonchev–Trinajstić information content (AvgIpc) is 3.23. The standard InChI is InChI=1S/C19H23NO2S/c1-3-17-16(12-18(23-17)19(21)22)15-8-6-7-14(11-15)13(2)20-9-4-5-10-20/h6-8,11-13H,3-5,9-10H2,1-2H3,(H,21,22)/t13-/m0/s1. The first-order valence-electron chi connectivity index (χ1n) is 8.30. The largest absolute Gasteiger partial charge is 0.477 e. The number of carboxylic acid groups (broad SMARTS) is 1. The van der Waals surface area contributed by atoms with Gasteiger partial charge in [-0.15, -0.1) is 11.3 Å². The van der Waals surface area contributed by atoms with E-state index in [0.717, 1.165) is 22.4 Å². The smallest absolute Gasteiger partial charge is 0.345 e. The molecule has 0 aliphatic carbocycles. The van der Waals surface area contributed by atoms with Crippen molar-refractivity contribution >= 4 is 17.3 Å². The number of rotatable bonds is 5. The van der Waals surface area contributed by atoms with Crippen molar-refractivity contribution in [1.82, 2.24) is 4.90 Å². The summed E-state index contributed by atoms with van der Waals surface area (Å²) in [4.78, 5) is 15.4. The first kappa shape index (κ1) is 16.2. The highest BCUT2D eigenvalue weighted by Gasteiger charge is 2.20. The molecule has 0 bridgehead atoms. The van der Waals surface area contributed by atoms with E-state index in [-0.39, 0.29) is 0 Å². The van der Waals surface area contributed by atoms with Crippen molar-refractivity contribution < 1.29 is 9.90 Å². The number of carboxylic acids is 1. The molecular formula is C19H23NO2S. The minimum Gasteiger partial charge on any atom is -0.477 e. The Morgan fingerprint density at radius 2 is 2.04 bits per heavy atom. The highest BCUT2D eigenvalue weighted by Crippen LogP contribution is 2.34. The molecule has 23 heavy (non-hydrogen) atoms. The first-order valence-corrected chi connectivity index (χ1v) is 9.12. The lowest BCUT2D eigenvalue weighted by Crippen LogP contribution is -2.23. The lowest BCUT2D eigenvalue weighted by atomic mass is 9.99. The van der Waals surface area contributed by atoms with Gasteiger partial charge in [0.15, 0.2) is 0 Å². The fourth-order valence-electron chi connectivity index (χ4n) is 3.35. The Hall–Kier alpha value is -1.65. The maximum Gasteiger partial charge on any atom is 0.345 e. The topological polar surface area (TPSA) is 40.5 Å². The minimum absolute atomic E-state index is 0.417. The van der Waals surface area contributed by atoms with E-state index < -0.39 is 5.97 Å². The maximum atomic E-state index is 11.3. The predicted molar refractivity (Wildman–Crippen MR) is 95.3 cm³/mol. The molecule has 2 aromatic rings. The number of likely N-dealkylation sites (tertiary alicyclic amines) is 1. The van der Waals surface area contributed by atoms with Crippen LogP contribution in [0.2, 0.25) is 0 Å². The number of benzene rings is 1. The first-order chi connectivity index (χ1) is 11.1. The van der Waals surface area contributed by atoms with E-state index in [1.165, 1.54) is 42.8 Å². The SMILES string of the molecule is CCc1sc(C(=O)O)cc1-c1cccc([C@H](C)N2CCCC2)c1. The minimum atomic E-state index is -0.836. The van der Waals surface area contributed by atoms with E-state index in [1.807, 2.05) is 6.07 Å². The monoisotopic (exact) mass is 329 g/mol. The van der Waals surface area contributed by atoms with Gasteiger partial charge < -0.3 is 5.11 Å². The number of hydrogen-bond acceptors (Lipinski definition) is 3. The van der Waals surface area contributed by atoms with E-state index in [1.54, 1.807) is 0 Å². The summed E-state index contributed by atoms with van der Waals surface area (Å²) in [6, 6.07) is 10.8. The molecule has 0 spiro atoms. The molecule has 1 aliphatic heterocycles. The second kappa shape index (κ2) is 6.85. The van der Waals surface area contributed by atoms with Crippen LogP contribution < -0.4 is 0 Å². The van der Waals surface area contributed by atoms with Crippen molar-refractivity contribution in [3.63, 3.8) is 0 Å². The van der Waals surface area contributed by atoms with Crippen LogP contribution in [0.25, 0.3) is 11.1 Å². The summed E-state index contributed by atoms with van der Waals surface area (Å²) in [7, 11) is 0. The van der Waals surface area contributed by atoms with E-state index >= 15 is 0 Å². The molecule has 1 aromatic carbocycles. The fourth-order valence-corrected chi connectivity index (χ4v) is 4.31. The molecule has 1 aromatic heterocycles. The number of aryl methyl sites for hydroxylation is 1. The summed E-state index contributed by atoms with van der Waals surface area (Å²) >= 11 is 1.39. The van der Waals surface area contributed by atoms with Crippen LogP contribution >= 0.6 is 11.3 Å². The predicted octanol–water partition coefficient (Wildman–Crippen LogP) is 4.83. The number of thiophene rings is 1. The van der Waals surface area contributed by atoms with Crippen molar-refractivity contribution in [2.24, 2.45) is 0 Å². The molecule has 1 N–H and O–H groups in total. The normalized spacial score (nSPS) is 16.6. The van der Waals surface area contributed by atoms with Gasteiger partial charge in [-0.05, 0) is 68.1 Å². The van der Waals surface area contributed by atoms with Gasteiger partial charge in [0.2, 0.25) is 0 Å². The van der Waals surface area contributed by atoms with Crippen LogP contribution in [0, 0.1) is 0 Å². The third kappa shape index (κ3) is 3.33. The van der Waals surface area contributed by atoms with E-state index in [0.29, 0.717) is 10.9 Å². The lowest BCUT2D eigenvalue weighted by Gasteiger charge is -2.24. The molecule has 0 radical (unpaired) electrons. The third-order valence-electron chi connectivity index (χ3n) is 4.71. The summed E-state index contributed by atoms with van der Waals surface area (Å²) in [6.45, 7) is 6.69. The van der Waals surface area contributed by atoms with Crippen molar-refractivity contribution in [1.29, 1.82) is 0 Å². The third-order valence-corrected chi connectivity index (χ3v) is 5.98. The second-order valence-corrected chi connectivity index (χ2v) is 7.29. The quantitative estimate of drug-likeness (QED) is 0.854. The molecule has 1 fully saturated rings. The number of nitrogens with zero attached hydrogens (tertiary/aromatic N) is 1. The second-order valence-electron chi connectivity index (χ2n) is 6.15. The molecule has 0 saturated carbocycles. The van der Waals surface area contributed by atoms with Gasteiger partial charge >= 0.3 is 5.97 Å². The van der Waals surface area contributed by atoms with Gasteiger partial charge in [0, 0.05) is 10.9 Å². The summed E-state index contributed by atoms with van der Waals surface area (Å²) < 4.78 is 0. The molecule has 2 heterocycles. The molecule has 1 aliphatic rings. The zero-order valence-corrected chi connectivity index (χ0v) is 14.5. The van der Waals surface area contributed by atoms with Crippen LogP contribution in [0.5, 0.6) is 0 Å². The van der Waals surface area contributed by atoms with Crippen LogP contribution in [-0.2, 0) is 6.42 Å². The maximum absolute atomic E-state index is 11.3. The summed E-state index contributed by atoms with van der Waals surface area (Å²) in [5.74, 6) is -0.836. The van der Waals surface area contributed by atoms with E-state index in [4.69, 9.17) is 0 Å². The molecule has 1 atom stereocenters. The Bertz CT molecular complexity index is 701. The van der Waals surface area contributed by atoms with Gasteiger partial charge in [-0.1, -0.05) is 25.1 Å². The van der Waals surface area contributed by atoms with Gasteiger partial charge in [-0.25, -0.2) is 4.79 Å². The fraction of sp³-hybridized carbons (Fsp3) is 0.421. The Labute approximate surface area is 141 Å². The van der Waals surface area contributed by atoms with Gasteiger partial charge in [0.25, 0.3) is 0 Å². The summed E-state index contributed by atoms with van der Waals surface area (Å²) in [6.07, 6.45) is 3.44. The van der Waals surface area contributed by atoms with Gasteiger partial charge in [-0.2, -0.15) is 0 Å². The van der Waals surface area contributed by atoms with Crippen LogP contribution in [0.1, 0.15) is 52.8 Å². The Kier molecular flexibility index (Phi) is 4.83. The number of carbonyl (C=O) groups is 1. The molecule has 0 amide bonds. The van der Waals surface area contributed by atoms with Crippen molar-refractivity contribution in [3.05, 3.63) is 45.6 Å². The zero-order chi connectivity index (χ0) is 16.4. The molecular weight excluding hydrogens is 306 g/mol. The Morgan fingerprint density at radius 1 is 1.30 bits per heavy atom. The molecule has 4 heteroatoms. The van der Waals surface area contributed by atoms with Crippen molar-refractivity contribution in [2.75, 3.05) is 13.1 Å². The van der Waals surface area contributed by atoms with Crippen LogP contribution in [0.4, 0.5) is 0 Å². The molecule has 0 unspecified atom stereocenters. The Balaban J connectivity index is 1.94. The average molecular weight is 329 g/mol. The molecule has 122 valence electrons. The van der Waals surface area contributed by atoms with E-state index in [2.05, 4.69) is 43.0 Å². The van der Waals surface area contributed by atoms with Crippen LogP contribution in [0.3, 0.4) is 0 Å². The molecule has 3 rings (SSSR count). The van der Waals surface area contributed by atoms with Crippen LogP contribution in [-0.4, -0.2) is 29.1 Å². The van der Waals surface area contributed by atoms with E-state index in [9.17, 15) is 9.90 Å². The van der Waals surface area contributed by atoms with Crippen LogP contribution in [0.15, 0.2) is 30.3 Å². The summed E-state index contributed by atoms with van der Waals surface area (Å²) in [5.41, 5.74) is 3.52. The van der Waals surface area contributed by atoms with Gasteiger partial charge in [-0.3, -0.25) is 4.90 Å². The molecule has 3 nitrogen and oxygen atoms in total. The Morgan fingerprint density at radius 3 is 2.70 bits per heavy atom. The van der Waals surface area contributed by atoms with Crippen molar-refractivity contribution in [2.45, 2.75) is 39.2 Å². The van der Waals surface area contributed by atoms with Gasteiger partial charge in [0.1, 0.15) is 4.88 Å². The highest BCUT2D eigenvalue weighted by molar-refractivity contribution is 7.14. The zero-order valence-electron chi connectivity index (χ0n) is 13.7. The van der Waals surface area contributed by atoms with Gasteiger partial charge in [0.05, 0.1) is 0 Å². The number of aromatic carboxylic acids is 1. The van der Waals surface area contributed by atoms with Crippen molar-refractivity contribution in [3.8, 4) is 11.1 Å². The molecule has 1 saturated heterocycles. The lowest BCUT2D eigenvalue weighted by molar-refractivity contribution is 0.0702. The highest BCUT2D eigenvalue weighted by atomic mass is 32.1.